The number of rotatable bonds is 6. The zero-order valence-corrected chi connectivity index (χ0v) is 18.7. The number of halogens is 1. The molecule has 168 valence electrons. The molecule has 0 aliphatic carbocycles. The fraction of sp³-hybridized carbons (Fsp3) is 0.304. The number of benzene rings is 2. The van der Waals surface area contributed by atoms with Gasteiger partial charge in [-0.2, -0.15) is 0 Å². The molecule has 0 radical (unpaired) electrons. The third kappa shape index (κ3) is 5.64. The van der Waals surface area contributed by atoms with Gasteiger partial charge in [-0.25, -0.2) is 0 Å². The minimum Gasteiger partial charge on any atom is -0.365 e. The highest BCUT2D eigenvalue weighted by molar-refractivity contribution is 6.34. The Morgan fingerprint density at radius 1 is 1.12 bits per heavy atom. The van der Waals surface area contributed by atoms with Gasteiger partial charge in [-0.15, -0.1) is 0 Å². The number of carbonyl (C=O) groups is 2. The molecule has 3 rings (SSSR count). The quantitative estimate of drug-likeness (QED) is 0.399. The van der Waals surface area contributed by atoms with Crippen molar-refractivity contribution < 1.29 is 14.5 Å². The lowest BCUT2D eigenvalue weighted by Gasteiger charge is -2.38. The van der Waals surface area contributed by atoms with Gasteiger partial charge in [0.25, 0.3) is 5.69 Å². The van der Waals surface area contributed by atoms with Gasteiger partial charge in [-0.05, 0) is 23.8 Å². The van der Waals surface area contributed by atoms with E-state index in [2.05, 4.69) is 10.2 Å². The van der Waals surface area contributed by atoms with Gasteiger partial charge in [0.05, 0.1) is 21.3 Å². The maximum Gasteiger partial charge on any atom is 0.270 e. The molecule has 1 aliphatic rings. The molecule has 0 atom stereocenters. The van der Waals surface area contributed by atoms with Gasteiger partial charge in [0.15, 0.2) is 0 Å². The Balaban J connectivity index is 1.71. The van der Waals surface area contributed by atoms with Gasteiger partial charge in [0, 0.05) is 50.3 Å². The summed E-state index contributed by atoms with van der Waals surface area (Å²) < 4.78 is 0. The Morgan fingerprint density at radius 2 is 1.81 bits per heavy atom. The van der Waals surface area contributed by atoms with Crippen molar-refractivity contribution in [2.24, 2.45) is 5.92 Å². The Morgan fingerprint density at radius 3 is 2.47 bits per heavy atom. The topological polar surface area (TPSA) is 95.8 Å². The monoisotopic (exact) mass is 456 g/mol. The number of nitro groups is 1. The molecule has 0 saturated carbocycles. The second-order valence-electron chi connectivity index (χ2n) is 7.78. The Kier molecular flexibility index (Phi) is 7.48. The number of hydrogen-bond donors (Lipinski definition) is 1. The van der Waals surface area contributed by atoms with Crippen molar-refractivity contribution in [2.45, 2.75) is 13.8 Å². The van der Waals surface area contributed by atoms with Crippen LogP contribution in [0.5, 0.6) is 0 Å². The largest absolute Gasteiger partial charge is 0.365 e. The number of nitrogens with one attached hydrogen (secondary N) is 1. The summed E-state index contributed by atoms with van der Waals surface area (Å²) in [6.45, 7) is 6.16. The molecule has 2 aromatic rings. The molecule has 1 aliphatic heterocycles. The van der Waals surface area contributed by atoms with E-state index in [1.807, 2.05) is 18.7 Å². The Hall–Kier alpha value is -3.39. The van der Waals surface area contributed by atoms with Crippen molar-refractivity contribution in [3.8, 4) is 0 Å². The van der Waals surface area contributed by atoms with E-state index in [1.54, 1.807) is 30.3 Å². The van der Waals surface area contributed by atoms with Gasteiger partial charge in [0.2, 0.25) is 11.8 Å². The third-order valence-corrected chi connectivity index (χ3v) is 5.46. The van der Waals surface area contributed by atoms with E-state index in [4.69, 9.17) is 11.6 Å². The summed E-state index contributed by atoms with van der Waals surface area (Å²) in [7, 11) is 0. The van der Waals surface area contributed by atoms with E-state index in [0.717, 1.165) is 0 Å². The average Bonchev–Trinajstić information content (AvgIpc) is 2.77. The summed E-state index contributed by atoms with van der Waals surface area (Å²) >= 11 is 6.46. The number of hydrogen-bond acceptors (Lipinski definition) is 5. The first-order chi connectivity index (χ1) is 15.3. The highest BCUT2D eigenvalue weighted by Gasteiger charge is 2.25. The molecule has 8 nitrogen and oxygen atoms in total. The molecule has 1 heterocycles. The highest BCUT2D eigenvalue weighted by Crippen LogP contribution is 2.34. The fourth-order valence-electron chi connectivity index (χ4n) is 3.54. The lowest BCUT2D eigenvalue weighted by atomic mass is 10.1. The Labute approximate surface area is 191 Å². The second kappa shape index (κ2) is 10.3. The van der Waals surface area contributed by atoms with Crippen LogP contribution in [0.2, 0.25) is 5.02 Å². The van der Waals surface area contributed by atoms with Crippen LogP contribution in [0.4, 0.5) is 17.1 Å². The molecule has 0 bridgehead atoms. The normalized spacial score (nSPS) is 14.1. The molecule has 1 N–H and O–H groups in total. The zero-order chi connectivity index (χ0) is 23.3. The van der Waals surface area contributed by atoms with E-state index in [1.165, 1.54) is 24.3 Å². The van der Waals surface area contributed by atoms with Crippen molar-refractivity contribution in [1.82, 2.24) is 4.90 Å². The van der Waals surface area contributed by atoms with Crippen LogP contribution in [0.25, 0.3) is 6.08 Å². The molecule has 2 amide bonds. The SMILES string of the molecule is CC(C)C(=O)N1CCN(c2c(Cl)cccc2NC(=O)/C=C/c2cccc([N+](=O)[O-])c2)CC1. The molecule has 0 aromatic heterocycles. The zero-order valence-electron chi connectivity index (χ0n) is 18.0. The predicted molar refractivity (Wildman–Crippen MR) is 126 cm³/mol. The first-order valence-electron chi connectivity index (χ1n) is 10.3. The predicted octanol–water partition coefficient (Wildman–Crippen LogP) is 4.20. The number of anilines is 2. The minimum atomic E-state index is -0.482. The van der Waals surface area contributed by atoms with Gasteiger partial charge < -0.3 is 15.1 Å². The molecule has 0 spiro atoms. The third-order valence-electron chi connectivity index (χ3n) is 5.15. The lowest BCUT2D eigenvalue weighted by Crippen LogP contribution is -2.50. The van der Waals surface area contributed by atoms with E-state index in [0.29, 0.717) is 48.1 Å². The van der Waals surface area contributed by atoms with Crippen molar-refractivity contribution in [1.29, 1.82) is 0 Å². The van der Waals surface area contributed by atoms with Gasteiger partial charge >= 0.3 is 0 Å². The molecule has 1 fully saturated rings. The van der Waals surface area contributed by atoms with Crippen molar-refractivity contribution in [3.05, 3.63) is 69.2 Å². The molecule has 9 heteroatoms. The van der Waals surface area contributed by atoms with Gasteiger partial charge in [-0.1, -0.05) is 43.6 Å². The van der Waals surface area contributed by atoms with Crippen molar-refractivity contribution >= 4 is 46.6 Å². The number of piperazine rings is 1. The van der Waals surface area contributed by atoms with Crippen LogP contribution in [0.1, 0.15) is 19.4 Å². The molecular weight excluding hydrogens is 432 g/mol. The van der Waals surface area contributed by atoms with Crippen LogP contribution < -0.4 is 10.2 Å². The van der Waals surface area contributed by atoms with Crippen LogP contribution in [-0.4, -0.2) is 47.8 Å². The summed E-state index contributed by atoms with van der Waals surface area (Å²) in [5.41, 5.74) is 1.78. The first-order valence-corrected chi connectivity index (χ1v) is 10.7. The van der Waals surface area contributed by atoms with Crippen molar-refractivity contribution in [3.63, 3.8) is 0 Å². The van der Waals surface area contributed by atoms with E-state index in [-0.39, 0.29) is 23.4 Å². The molecule has 32 heavy (non-hydrogen) atoms. The number of nitro benzene ring substituents is 1. The lowest BCUT2D eigenvalue weighted by molar-refractivity contribution is -0.384. The van der Waals surface area contributed by atoms with Crippen LogP contribution in [0.15, 0.2) is 48.5 Å². The maximum atomic E-state index is 12.5. The number of para-hydroxylation sites is 1. The number of amides is 2. The summed E-state index contributed by atoms with van der Waals surface area (Å²) in [4.78, 5) is 39.1. The number of nitrogens with zero attached hydrogens (tertiary/aromatic N) is 3. The number of non-ortho nitro benzene ring substituents is 1. The summed E-state index contributed by atoms with van der Waals surface area (Å²) in [6, 6.07) is 11.3. The molecule has 1 saturated heterocycles. The average molecular weight is 457 g/mol. The number of carbonyl (C=O) groups excluding carboxylic acids is 2. The van der Waals surface area contributed by atoms with Crippen LogP contribution in [0, 0.1) is 16.0 Å². The fourth-order valence-corrected chi connectivity index (χ4v) is 3.84. The second-order valence-corrected chi connectivity index (χ2v) is 8.18. The van der Waals surface area contributed by atoms with E-state index in [9.17, 15) is 19.7 Å². The van der Waals surface area contributed by atoms with Gasteiger partial charge in [-0.3, -0.25) is 19.7 Å². The first kappa shape index (κ1) is 23.3. The van der Waals surface area contributed by atoms with Crippen LogP contribution in [-0.2, 0) is 9.59 Å². The van der Waals surface area contributed by atoms with Gasteiger partial charge in [0.1, 0.15) is 0 Å². The summed E-state index contributed by atoms with van der Waals surface area (Å²) in [6.07, 6.45) is 2.84. The molecule has 2 aromatic carbocycles. The summed E-state index contributed by atoms with van der Waals surface area (Å²) in [5.74, 6) is -0.299. The smallest absolute Gasteiger partial charge is 0.270 e. The van der Waals surface area contributed by atoms with Crippen LogP contribution in [0.3, 0.4) is 0 Å². The van der Waals surface area contributed by atoms with E-state index < -0.39 is 4.92 Å². The minimum absolute atomic E-state index is 0.0419. The standard InChI is InChI=1S/C23H25ClN4O4/c1-16(2)23(30)27-13-11-26(12-14-27)22-19(24)7-4-8-20(22)25-21(29)10-9-17-5-3-6-18(15-17)28(31)32/h3-10,15-16H,11-14H2,1-2H3,(H,25,29)/b10-9+. The summed E-state index contributed by atoms with van der Waals surface area (Å²) in [5, 5.41) is 14.3. The Bertz CT molecular complexity index is 1050. The molecule has 0 unspecified atom stereocenters. The highest BCUT2D eigenvalue weighted by atomic mass is 35.5. The van der Waals surface area contributed by atoms with E-state index >= 15 is 0 Å². The van der Waals surface area contributed by atoms with Crippen LogP contribution >= 0.6 is 11.6 Å². The van der Waals surface area contributed by atoms with Crippen molar-refractivity contribution in [2.75, 3.05) is 36.4 Å². The molecular formula is C23H25ClN4O4. The maximum absolute atomic E-state index is 12.5.